The lowest BCUT2D eigenvalue weighted by atomic mass is 10.4. The summed E-state index contributed by atoms with van der Waals surface area (Å²) in [6.07, 6.45) is 0.845. The Morgan fingerprint density at radius 2 is 2.44 bits per heavy atom. The van der Waals surface area contributed by atoms with Crippen molar-refractivity contribution in [1.82, 2.24) is 0 Å². The molecule has 1 aliphatic heterocycles. The van der Waals surface area contributed by atoms with Crippen LogP contribution in [0.2, 0.25) is 0 Å². The normalized spacial score (nSPS) is 19.4. The topological polar surface area (TPSA) is 20.2 Å². The lowest BCUT2D eigenvalue weighted by molar-refractivity contribution is 0.302. The van der Waals surface area contributed by atoms with Crippen molar-refractivity contribution in [3.05, 3.63) is 10.3 Å². The van der Waals surface area contributed by atoms with Gasteiger partial charge in [0.15, 0.2) is 0 Å². The van der Waals surface area contributed by atoms with Crippen LogP contribution < -0.4 is 0 Å². The van der Waals surface area contributed by atoms with E-state index in [2.05, 4.69) is 5.41 Å². The average Bonchev–Trinajstić information content (AvgIpc) is 1.91. The molecule has 1 nitrogen and oxygen atoms in total. The summed E-state index contributed by atoms with van der Waals surface area (Å²) in [6, 6.07) is 0. The molecule has 9 heavy (non-hydrogen) atoms. The van der Waals surface area contributed by atoms with Gasteiger partial charge in [0.1, 0.15) is 0 Å². The maximum atomic E-state index is 8.56. The smallest absolute Gasteiger partial charge is 0.0476 e. The molecule has 0 bridgehead atoms. The first-order valence-electron chi connectivity index (χ1n) is 2.98. The third-order valence-corrected chi connectivity index (χ3v) is 3.46. The molecule has 0 aromatic rings. The molecule has 0 saturated carbocycles. The maximum absolute atomic E-state index is 8.56. The van der Waals surface area contributed by atoms with Gasteiger partial charge < -0.3 is 5.11 Å². The number of hydrogen-bond donors (Lipinski definition) is 1. The number of rotatable bonds is 2. The molecule has 1 rings (SSSR count). The van der Waals surface area contributed by atoms with Crippen LogP contribution in [-0.4, -0.2) is 23.2 Å². The molecule has 0 aromatic heterocycles. The van der Waals surface area contributed by atoms with Gasteiger partial charge in [-0.1, -0.05) is 0 Å². The van der Waals surface area contributed by atoms with Gasteiger partial charge in [0.2, 0.25) is 0 Å². The van der Waals surface area contributed by atoms with Crippen molar-refractivity contribution in [2.75, 3.05) is 18.1 Å². The largest absolute Gasteiger partial charge is 0.396 e. The van der Waals surface area contributed by atoms with Crippen LogP contribution in [0.4, 0.5) is 0 Å². The molecule has 0 fully saturated rings. The summed E-state index contributed by atoms with van der Waals surface area (Å²) in [5.74, 6) is 2.43. The third-order valence-electron chi connectivity index (χ3n) is 1.06. The van der Waals surface area contributed by atoms with Crippen molar-refractivity contribution in [3.8, 4) is 0 Å². The van der Waals surface area contributed by atoms with Crippen molar-refractivity contribution >= 4 is 23.5 Å². The van der Waals surface area contributed by atoms with Gasteiger partial charge in [0.05, 0.1) is 0 Å². The Hall–Kier alpha value is 0.400. The van der Waals surface area contributed by atoms with Gasteiger partial charge in [0, 0.05) is 24.5 Å². The molecule has 0 atom stereocenters. The zero-order valence-electron chi connectivity index (χ0n) is 5.17. The van der Waals surface area contributed by atoms with Crippen LogP contribution in [0, 0.1) is 0 Å². The lowest BCUT2D eigenvalue weighted by Gasteiger charge is -2.09. The molecule has 0 aliphatic carbocycles. The second kappa shape index (κ2) is 4.25. The predicted octanol–water partition coefficient (Wildman–Crippen LogP) is 1.69. The van der Waals surface area contributed by atoms with E-state index in [1.54, 1.807) is 0 Å². The van der Waals surface area contributed by atoms with Crippen molar-refractivity contribution in [2.45, 2.75) is 6.42 Å². The van der Waals surface area contributed by atoms with Gasteiger partial charge in [-0.3, -0.25) is 0 Å². The van der Waals surface area contributed by atoms with E-state index < -0.39 is 0 Å². The average molecular weight is 162 g/mol. The van der Waals surface area contributed by atoms with E-state index >= 15 is 0 Å². The molecule has 1 heterocycles. The monoisotopic (exact) mass is 162 g/mol. The summed E-state index contributed by atoms with van der Waals surface area (Å²) in [6.45, 7) is 0.291. The van der Waals surface area contributed by atoms with Gasteiger partial charge >= 0.3 is 0 Å². The molecule has 52 valence electrons. The molecule has 3 heteroatoms. The highest BCUT2D eigenvalue weighted by molar-refractivity contribution is 8.09. The fourth-order valence-electron chi connectivity index (χ4n) is 0.648. The van der Waals surface area contributed by atoms with Crippen LogP contribution in [0.15, 0.2) is 10.3 Å². The van der Waals surface area contributed by atoms with Crippen LogP contribution in [0.1, 0.15) is 6.42 Å². The minimum absolute atomic E-state index is 0.291. The van der Waals surface area contributed by atoms with E-state index in [0.717, 1.165) is 6.42 Å². The van der Waals surface area contributed by atoms with Crippen LogP contribution in [0.25, 0.3) is 0 Å². The van der Waals surface area contributed by atoms with Gasteiger partial charge in [-0.2, -0.15) is 0 Å². The summed E-state index contributed by atoms with van der Waals surface area (Å²) in [7, 11) is 0. The van der Waals surface area contributed by atoms with E-state index in [4.69, 9.17) is 5.11 Å². The van der Waals surface area contributed by atoms with Gasteiger partial charge in [-0.25, -0.2) is 0 Å². The van der Waals surface area contributed by atoms with Gasteiger partial charge in [-0.05, 0) is 10.3 Å². The first kappa shape index (κ1) is 7.51. The molecule has 0 saturated heterocycles. The Bertz CT molecular complexity index is 112. The lowest BCUT2D eigenvalue weighted by Crippen LogP contribution is -1.92. The summed E-state index contributed by atoms with van der Waals surface area (Å²) in [4.78, 5) is 1.34. The first-order valence-corrected chi connectivity index (χ1v) is 5.01. The molecule has 0 radical (unpaired) electrons. The van der Waals surface area contributed by atoms with Crippen molar-refractivity contribution < 1.29 is 5.11 Å². The second-order valence-corrected chi connectivity index (χ2v) is 3.98. The summed E-state index contributed by atoms with van der Waals surface area (Å²) >= 11 is 3.72. The maximum Gasteiger partial charge on any atom is 0.0476 e. The highest BCUT2D eigenvalue weighted by atomic mass is 32.2. The number of thioether (sulfide) groups is 2. The van der Waals surface area contributed by atoms with E-state index in [0.29, 0.717) is 6.61 Å². The van der Waals surface area contributed by atoms with Crippen LogP contribution in [0.3, 0.4) is 0 Å². The molecular formula is C6H10OS2. The highest BCUT2D eigenvalue weighted by Gasteiger charge is 2.02. The van der Waals surface area contributed by atoms with E-state index in [1.807, 2.05) is 23.5 Å². The third kappa shape index (κ3) is 2.65. The molecular weight excluding hydrogens is 152 g/mol. The number of hydrogen-bond acceptors (Lipinski definition) is 3. The van der Waals surface area contributed by atoms with Crippen LogP contribution in [0.5, 0.6) is 0 Å². The Morgan fingerprint density at radius 3 is 3.00 bits per heavy atom. The Balaban J connectivity index is 2.28. The minimum atomic E-state index is 0.291. The van der Waals surface area contributed by atoms with E-state index in [9.17, 15) is 0 Å². The second-order valence-electron chi connectivity index (χ2n) is 1.78. The Kier molecular flexibility index (Phi) is 3.55. The molecule has 1 N–H and O–H groups in total. The predicted molar refractivity (Wildman–Crippen MR) is 44.7 cm³/mol. The summed E-state index contributed by atoms with van der Waals surface area (Å²) in [5, 5.41) is 10.7. The van der Waals surface area contributed by atoms with Crippen molar-refractivity contribution in [2.24, 2.45) is 0 Å². The Labute approximate surface area is 63.9 Å². The molecule has 0 spiro atoms. The van der Waals surface area contributed by atoms with Crippen molar-refractivity contribution in [1.29, 1.82) is 0 Å². The first-order chi connectivity index (χ1) is 4.43. The highest BCUT2D eigenvalue weighted by Crippen LogP contribution is 2.28. The van der Waals surface area contributed by atoms with Crippen molar-refractivity contribution in [3.63, 3.8) is 0 Å². The SMILES string of the molecule is OCCC1=CSCCS1. The van der Waals surface area contributed by atoms with E-state index in [-0.39, 0.29) is 0 Å². The zero-order chi connectivity index (χ0) is 6.53. The summed E-state index contributed by atoms with van der Waals surface area (Å²) < 4.78 is 0. The zero-order valence-corrected chi connectivity index (χ0v) is 6.80. The summed E-state index contributed by atoms with van der Waals surface area (Å²) in [5.41, 5.74) is 0. The Morgan fingerprint density at radius 1 is 1.56 bits per heavy atom. The fraction of sp³-hybridized carbons (Fsp3) is 0.667. The molecule has 0 amide bonds. The van der Waals surface area contributed by atoms with Gasteiger partial charge in [-0.15, -0.1) is 23.5 Å². The molecule has 0 unspecified atom stereocenters. The quantitative estimate of drug-likeness (QED) is 0.667. The number of aliphatic hydroxyl groups excluding tert-OH is 1. The van der Waals surface area contributed by atoms with E-state index in [1.165, 1.54) is 16.4 Å². The molecule has 0 aromatic carbocycles. The van der Waals surface area contributed by atoms with Crippen LogP contribution >= 0.6 is 23.5 Å². The molecule has 1 aliphatic rings. The van der Waals surface area contributed by atoms with Crippen LogP contribution in [-0.2, 0) is 0 Å². The number of aliphatic hydroxyl groups is 1. The fourth-order valence-corrected chi connectivity index (χ4v) is 2.76. The van der Waals surface area contributed by atoms with Gasteiger partial charge in [0.25, 0.3) is 0 Å². The minimum Gasteiger partial charge on any atom is -0.396 e. The standard InChI is InChI=1S/C6H10OS2/c7-2-1-6-5-8-3-4-9-6/h5,7H,1-4H2.